The van der Waals surface area contributed by atoms with Gasteiger partial charge in [0.05, 0.1) is 13.5 Å². The van der Waals surface area contributed by atoms with Gasteiger partial charge in [-0.1, -0.05) is 6.07 Å². The van der Waals surface area contributed by atoms with Gasteiger partial charge in [0, 0.05) is 5.56 Å². The summed E-state index contributed by atoms with van der Waals surface area (Å²) in [7, 11) is 1.17. The Bertz CT molecular complexity index is 446. The van der Waals surface area contributed by atoms with Crippen LogP contribution in [0.15, 0.2) is 18.2 Å². The van der Waals surface area contributed by atoms with Gasteiger partial charge < -0.3 is 15.6 Å². The van der Waals surface area contributed by atoms with Gasteiger partial charge in [-0.05, 0) is 17.7 Å². The van der Waals surface area contributed by atoms with Crippen molar-refractivity contribution >= 4 is 5.97 Å². The third-order valence-electron chi connectivity index (χ3n) is 2.36. The highest BCUT2D eigenvalue weighted by atomic mass is 19.4. The molecule has 0 aliphatic heterocycles. The molecule has 0 unspecified atom stereocenters. The first-order valence-electron chi connectivity index (χ1n) is 4.96. The Balaban J connectivity index is 3.05. The number of nitrogens with two attached hydrogens (primary N) is 1. The van der Waals surface area contributed by atoms with Gasteiger partial charge >= 0.3 is 12.1 Å². The van der Waals surface area contributed by atoms with Crippen LogP contribution in [0.25, 0.3) is 0 Å². The molecule has 0 bridgehead atoms. The first-order chi connectivity index (χ1) is 8.25. The molecule has 0 saturated heterocycles. The van der Waals surface area contributed by atoms with Gasteiger partial charge in [-0.25, -0.2) is 0 Å². The highest BCUT2D eigenvalue weighted by Gasteiger charge is 2.39. The summed E-state index contributed by atoms with van der Waals surface area (Å²) in [4.78, 5) is 11.0. The largest absolute Gasteiger partial charge is 0.508 e. The molecular weight excluding hydrogens is 251 g/mol. The predicted octanol–water partition coefficient (Wildman–Crippen LogP) is 1.67. The standard InChI is InChI=1S/C11H12F3NO3/c1-18-9(17)5-6-2-3-8(16)7(4-6)10(15)11(12,13)14/h2-4,10,16H,5,15H2,1H3/t10-/m1/s1. The normalized spacial score (nSPS) is 13.2. The zero-order chi connectivity index (χ0) is 13.9. The lowest BCUT2D eigenvalue weighted by Gasteiger charge is -2.17. The topological polar surface area (TPSA) is 72.5 Å². The Hall–Kier alpha value is -1.76. The molecule has 4 nitrogen and oxygen atoms in total. The van der Waals surface area contributed by atoms with Crippen molar-refractivity contribution in [3.63, 3.8) is 0 Å². The molecule has 0 fully saturated rings. The van der Waals surface area contributed by atoms with Crippen LogP contribution in [0.2, 0.25) is 0 Å². The summed E-state index contributed by atoms with van der Waals surface area (Å²) in [6, 6.07) is 1.15. The van der Waals surface area contributed by atoms with Crippen LogP contribution >= 0.6 is 0 Å². The average Bonchev–Trinajstić information content (AvgIpc) is 2.29. The Morgan fingerprint density at radius 2 is 2.11 bits per heavy atom. The monoisotopic (exact) mass is 263 g/mol. The van der Waals surface area contributed by atoms with Gasteiger partial charge in [-0.2, -0.15) is 13.2 Å². The molecule has 1 atom stereocenters. The van der Waals surface area contributed by atoms with Crippen molar-refractivity contribution in [1.29, 1.82) is 0 Å². The summed E-state index contributed by atoms with van der Waals surface area (Å²) >= 11 is 0. The number of aromatic hydroxyl groups is 1. The van der Waals surface area contributed by atoms with Crippen molar-refractivity contribution in [3.8, 4) is 5.75 Å². The SMILES string of the molecule is COC(=O)Cc1ccc(O)c([C@@H](N)C(F)(F)F)c1. The fraction of sp³-hybridized carbons (Fsp3) is 0.364. The zero-order valence-corrected chi connectivity index (χ0v) is 9.49. The molecule has 3 N–H and O–H groups in total. The van der Waals surface area contributed by atoms with Gasteiger partial charge in [-0.15, -0.1) is 0 Å². The molecule has 0 aromatic heterocycles. The molecule has 1 aromatic rings. The maximum atomic E-state index is 12.4. The minimum absolute atomic E-state index is 0.186. The molecule has 0 aliphatic rings. The lowest BCUT2D eigenvalue weighted by molar-refractivity contribution is -0.149. The molecule has 0 radical (unpaired) electrons. The number of hydrogen-bond donors (Lipinski definition) is 2. The van der Waals surface area contributed by atoms with Crippen LogP contribution < -0.4 is 5.73 Å². The third-order valence-corrected chi connectivity index (χ3v) is 2.36. The van der Waals surface area contributed by atoms with Crippen molar-refractivity contribution in [2.75, 3.05) is 7.11 Å². The van der Waals surface area contributed by atoms with Gasteiger partial charge in [-0.3, -0.25) is 4.79 Å². The van der Waals surface area contributed by atoms with Crippen LogP contribution in [0.4, 0.5) is 13.2 Å². The van der Waals surface area contributed by atoms with E-state index in [1.165, 1.54) is 13.2 Å². The summed E-state index contributed by atoms with van der Waals surface area (Å²) < 4.78 is 41.7. The van der Waals surface area contributed by atoms with E-state index in [2.05, 4.69) is 4.74 Å². The quantitative estimate of drug-likeness (QED) is 0.814. The summed E-state index contributed by atoms with van der Waals surface area (Å²) in [6.07, 6.45) is -4.85. The van der Waals surface area contributed by atoms with Crippen molar-refractivity contribution < 1.29 is 27.8 Å². The van der Waals surface area contributed by atoms with Crippen LogP contribution in [0, 0.1) is 0 Å². The first-order valence-corrected chi connectivity index (χ1v) is 4.96. The number of methoxy groups -OCH3 is 1. The van der Waals surface area contributed by atoms with Crippen molar-refractivity contribution in [2.24, 2.45) is 5.73 Å². The molecule has 100 valence electrons. The molecule has 0 heterocycles. The molecule has 7 heteroatoms. The fourth-order valence-electron chi connectivity index (χ4n) is 1.38. The van der Waals surface area contributed by atoms with Crippen LogP contribution in [0.1, 0.15) is 17.2 Å². The number of benzene rings is 1. The number of rotatable bonds is 3. The van der Waals surface area contributed by atoms with Crippen LogP contribution in [-0.2, 0) is 16.0 Å². The van der Waals surface area contributed by atoms with Crippen LogP contribution in [0.3, 0.4) is 0 Å². The van der Waals surface area contributed by atoms with E-state index in [0.29, 0.717) is 0 Å². The molecule has 0 spiro atoms. The lowest BCUT2D eigenvalue weighted by Crippen LogP contribution is -2.28. The number of halogens is 3. The minimum atomic E-state index is -4.67. The molecule has 1 rings (SSSR count). The maximum absolute atomic E-state index is 12.4. The van der Waals surface area contributed by atoms with E-state index in [4.69, 9.17) is 5.73 Å². The van der Waals surface area contributed by atoms with E-state index in [1.54, 1.807) is 0 Å². The van der Waals surface area contributed by atoms with Gasteiger partial charge in [0.2, 0.25) is 0 Å². The second-order valence-corrected chi connectivity index (χ2v) is 3.67. The molecule has 0 saturated carbocycles. The van der Waals surface area contributed by atoms with E-state index in [1.807, 2.05) is 0 Å². The molecule has 0 aliphatic carbocycles. The van der Waals surface area contributed by atoms with E-state index >= 15 is 0 Å². The number of phenolic OH excluding ortho intramolecular Hbond substituents is 1. The van der Waals surface area contributed by atoms with Crippen molar-refractivity contribution in [2.45, 2.75) is 18.6 Å². The second-order valence-electron chi connectivity index (χ2n) is 3.67. The smallest absolute Gasteiger partial charge is 0.407 e. The van der Waals surface area contributed by atoms with Gasteiger partial charge in [0.25, 0.3) is 0 Å². The average molecular weight is 263 g/mol. The molecular formula is C11H12F3NO3. The Morgan fingerprint density at radius 3 is 2.61 bits per heavy atom. The van der Waals surface area contributed by atoms with E-state index in [9.17, 15) is 23.1 Å². The fourth-order valence-corrected chi connectivity index (χ4v) is 1.38. The summed E-state index contributed by atoms with van der Waals surface area (Å²) in [5.41, 5.74) is 4.82. The third kappa shape index (κ3) is 3.36. The number of phenols is 1. The number of carbonyl (C=O) groups is 1. The number of carbonyl (C=O) groups excluding carboxylic acids is 1. The number of hydrogen-bond acceptors (Lipinski definition) is 4. The van der Waals surface area contributed by atoms with E-state index in [0.717, 1.165) is 12.1 Å². The van der Waals surface area contributed by atoms with E-state index < -0.39 is 29.5 Å². The molecule has 18 heavy (non-hydrogen) atoms. The number of esters is 1. The van der Waals surface area contributed by atoms with Gasteiger partial charge in [0.15, 0.2) is 0 Å². The number of alkyl halides is 3. The first kappa shape index (κ1) is 14.3. The Kier molecular flexibility index (Phi) is 4.18. The summed E-state index contributed by atoms with van der Waals surface area (Å²) in [6.45, 7) is 0. The van der Waals surface area contributed by atoms with Crippen molar-refractivity contribution in [3.05, 3.63) is 29.3 Å². The van der Waals surface area contributed by atoms with E-state index in [-0.39, 0.29) is 12.0 Å². The zero-order valence-electron chi connectivity index (χ0n) is 9.49. The highest BCUT2D eigenvalue weighted by Crippen LogP contribution is 2.35. The predicted molar refractivity (Wildman–Crippen MR) is 56.8 cm³/mol. The lowest BCUT2D eigenvalue weighted by atomic mass is 10.0. The Morgan fingerprint density at radius 1 is 1.50 bits per heavy atom. The van der Waals surface area contributed by atoms with Crippen LogP contribution in [-0.4, -0.2) is 24.4 Å². The minimum Gasteiger partial charge on any atom is -0.508 e. The number of ether oxygens (including phenoxy) is 1. The van der Waals surface area contributed by atoms with Crippen molar-refractivity contribution in [1.82, 2.24) is 0 Å². The maximum Gasteiger partial charge on any atom is 0.407 e. The van der Waals surface area contributed by atoms with Gasteiger partial charge in [0.1, 0.15) is 11.8 Å². The summed E-state index contributed by atoms with van der Waals surface area (Å²) in [5, 5.41) is 9.36. The summed E-state index contributed by atoms with van der Waals surface area (Å²) in [5.74, 6) is -1.15. The molecule has 1 aromatic carbocycles. The Labute approximate surface area is 101 Å². The molecule has 0 amide bonds. The second kappa shape index (κ2) is 5.26. The van der Waals surface area contributed by atoms with Crippen LogP contribution in [0.5, 0.6) is 5.75 Å². The highest BCUT2D eigenvalue weighted by molar-refractivity contribution is 5.72.